The summed E-state index contributed by atoms with van der Waals surface area (Å²) in [6, 6.07) is 11.5. The maximum Gasteiger partial charge on any atom is 0.133 e. The van der Waals surface area contributed by atoms with Crippen molar-refractivity contribution in [3.8, 4) is 5.75 Å². The summed E-state index contributed by atoms with van der Waals surface area (Å²) in [4.78, 5) is 0. The van der Waals surface area contributed by atoms with Crippen LogP contribution in [0.3, 0.4) is 0 Å². The highest BCUT2D eigenvalue weighted by atomic mass is 79.9. The van der Waals surface area contributed by atoms with Gasteiger partial charge >= 0.3 is 0 Å². The molecule has 0 saturated heterocycles. The minimum absolute atomic E-state index is 0.00458. The van der Waals surface area contributed by atoms with Crippen molar-refractivity contribution < 1.29 is 4.74 Å². The van der Waals surface area contributed by atoms with Gasteiger partial charge in [-0.1, -0.05) is 35.3 Å². The first-order valence-electron chi connectivity index (χ1n) is 6.52. The highest BCUT2D eigenvalue weighted by Gasteiger charge is 2.64. The number of benzene rings is 2. The summed E-state index contributed by atoms with van der Waals surface area (Å²) in [5.41, 5.74) is 2.00. The zero-order valence-electron chi connectivity index (χ0n) is 11.4. The molecule has 0 radical (unpaired) electrons. The second-order valence-corrected chi connectivity index (χ2v) is 8.25. The van der Waals surface area contributed by atoms with Crippen LogP contribution in [0, 0.1) is 0 Å². The third-order valence-corrected chi connectivity index (χ3v) is 6.74. The standard InChI is InChI=1S/C16H11BrCl4O/c1-22-10-4-2-8(3-5-10)13-14(16(13,20)21)9-6-11(18)15(17)12(19)7-9/h2-7,13-14H,1H3. The van der Waals surface area contributed by atoms with Crippen molar-refractivity contribution in [1.82, 2.24) is 0 Å². The van der Waals surface area contributed by atoms with Crippen LogP contribution in [0.4, 0.5) is 0 Å². The normalized spacial score (nSPS) is 22.5. The molecular weight excluding hydrogens is 430 g/mol. The predicted molar refractivity (Wildman–Crippen MR) is 97.1 cm³/mol. The third kappa shape index (κ3) is 2.85. The molecule has 0 N–H and O–H groups in total. The zero-order chi connectivity index (χ0) is 16.1. The summed E-state index contributed by atoms with van der Waals surface area (Å²) in [6.07, 6.45) is 0. The molecule has 0 aromatic heterocycles. The Hall–Kier alpha value is -0.120. The van der Waals surface area contributed by atoms with Gasteiger partial charge in [0, 0.05) is 11.8 Å². The van der Waals surface area contributed by atoms with E-state index >= 15 is 0 Å². The number of hydrogen-bond donors (Lipinski definition) is 0. The van der Waals surface area contributed by atoms with E-state index in [1.807, 2.05) is 36.4 Å². The van der Waals surface area contributed by atoms with Gasteiger partial charge in [-0.25, -0.2) is 0 Å². The zero-order valence-corrected chi connectivity index (χ0v) is 16.0. The van der Waals surface area contributed by atoms with Gasteiger partial charge in [0.1, 0.15) is 10.1 Å². The van der Waals surface area contributed by atoms with Crippen LogP contribution in [-0.4, -0.2) is 11.4 Å². The van der Waals surface area contributed by atoms with Crippen LogP contribution in [0.2, 0.25) is 10.0 Å². The minimum atomic E-state index is -0.866. The fourth-order valence-electron chi connectivity index (χ4n) is 2.72. The summed E-state index contributed by atoms with van der Waals surface area (Å²) in [7, 11) is 1.63. The number of hydrogen-bond acceptors (Lipinski definition) is 1. The van der Waals surface area contributed by atoms with Gasteiger partial charge in [-0.15, -0.1) is 23.2 Å². The van der Waals surface area contributed by atoms with Gasteiger partial charge in [-0.05, 0) is 51.3 Å². The SMILES string of the molecule is COc1ccc(C2C(c3cc(Cl)c(Br)c(Cl)c3)C2(Cl)Cl)cc1. The van der Waals surface area contributed by atoms with Crippen LogP contribution in [0.1, 0.15) is 23.0 Å². The molecule has 2 aromatic carbocycles. The first-order valence-corrected chi connectivity index (χ1v) is 8.83. The molecule has 0 amide bonds. The van der Waals surface area contributed by atoms with Crippen LogP contribution in [0.5, 0.6) is 5.75 Å². The summed E-state index contributed by atoms with van der Waals surface area (Å²) in [6.45, 7) is 0. The van der Waals surface area contributed by atoms with E-state index in [4.69, 9.17) is 51.1 Å². The molecular formula is C16H11BrCl4O. The van der Waals surface area contributed by atoms with Crippen LogP contribution < -0.4 is 4.74 Å². The molecule has 1 aliphatic rings. The molecule has 1 saturated carbocycles. The van der Waals surface area contributed by atoms with E-state index in [1.165, 1.54) is 0 Å². The van der Waals surface area contributed by atoms with Crippen LogP contribution in [-0.2, 0) is 0 Å². The molecule has 0 bridgehead atoms. The Bertz CT molecular complexity index is 692. The smallest absolute Gasteiger partial charge is 0.133 e. The first-order chi connectivity index (χ1) is 10.4. The summed E-state index contributed by atoms with van der Waals surface area (Å²) < 4.78 is 4.98. The van der Waals surface area contributed by atoms with Gasteiger partial charge in [0.05, 0.1) is 21.6 Å². The number of ether oxygens (including phenoxy) is 1. The van der Waals surface area contributed by atoms with E-state index < -0.39 is 4.33 Å². The Labute approximate surface area is 157 Å². The Kier molecular flexibility index (Phi) is 4.61. The summed E-state index contributed by atoms with van der Waals surface area (Å²) >= 11 is 28.7. The predicted octanol–water partition coefficient (Wildman–Crippen LogP) is 6.82. The van der Waals surface area contributed by atoms with Gasteiger partial charge in [0.25, 0.3) is 0 Å². The molecule has 2 unspecified atom stereocenters. The lowest BCUT2D eigenvalue weighted by Crippen LogP contribution is -1.91. The molecule has 116 valence electrons. The molecule has 2 atom stereocenters. The molecule has 0 spiro atoms. The summed E-state index contributed by atoms with van der Waals surface area (Å²) in [5, 5.41) is 1.10. The molecule has 22 heavy (non-hydrogen) atoms. The fourth-order valence-corrected chi connectivity index (χ4v) is 4.34. The lowest BCUT2D eigenvalue weighted by Gasteiger charge is -2.06. The van der Waals surface area contributed by atoms with Crippen molar-refractivity contribution >= 4 is 62.3 Å². The van der Waals surface area contributed by atoms with Gasteiger partial charge in [-0.2, -0.15) is 0 Å². The Balaban J connectivity index is 1.95. The van der Waals surface area contributed by atoms with Crippen molar-refractivity contribution in [3.63, 3.8) is 0 Å². The number of rotatable bonds is 3. The third-order valence-electron chi connectivity index (χ3n) is 3.89. The number of methoxy groups -OCH3 is 1. The topological polar surface area (TPSA) is 9.23 Å². The first kappa shape index (κ1) is 16.7. The van der Waals surface area contributed by atoms with Gasteiger partial charge in [0.15, 0.2) is 0 Å². The van der Waals surface area contributed by atoms with Gasteiger partial charge in [-0.3, -0.25) is 0 Å². The van der Waals surface area contributed by atoms with Crippen molar-refractivity contribution in [1.29, 1.82) is 0 Å². The van der Waals surface area contributed by atoms with Crippen LogP contribution in [0.15, 0.2) is 40.9 Å². The highest BCUT2D eigenvalue weighted by molar-refractivity contribution is 9.10. The quantitative estimate of drug-likeness (QED) is 0.376. The number of alkyl halides is 2. The van der Waals surface area contributed by atoms with Crippen LogP contribution >= 0.6 is 62.3 Å². The highest BCUT2D eigenvalue weighted by Crippen LogP contribution is 2.70. The lowest BCUT2D eigenvalue weighted by molar-refractivity contribution is 0.414. The van der Waals surface area contributed by atoms with Crippen molar-refractivity contribution in [2.24, 2.45) is 0 Å². The average Bonchev–Trinajstić information content (AvgIpc) is 3.07. The second-order valence-electron chi connectivity index (χ2n) is 5.20. The molecule has 0 heterocycles. The summed E-state index contributed by atoms with van der Waals surface area (Å²) in [5.74, 6) is 0.743. The largest absolute Gasteiger partial charge is 0.497 e. The van der Waals surface area contributed by atoms with Gasteiger partial charge < -0.3 is 4.74 Å². The molecule has 1 aliphatic carbocycles. The lowest BCUT2D eigenvalue weighted by atomic mass is 10.0. The van der Waals surface area contributed by atoms with Crippen molar-refractivity contribution in [2.75, 3.05) is 7.11 Å². The Morgan fingerprint density at radius 3 is 1.95 bits per heavy atom. The second kappa shape index (κ2) is 6.07. The molecule has 2 aromatic rings. The Morgan fingerprint density at radius 2 is 1.45 bits per heavy atom. The van der Waals surface area contributed by atoms with Crippen molar-refractivity contribution in [2.45, 2.75) is 16.2 Å². The molecule has 0 aliphatic heterocycles. The minimum Gasteiger partial charge on any atom is -0.497 e. The van der Waals surface area contributed by atoms with Crippen molar-refractivity contribution in [3.05, 3.63) is 62.0 Å². The van der Waals surface area contributed by atoms with Gasteiger partial charge in [0.2, 0.25) is 0 Å². The van der Waals surface area contributed by atoms with E-state index in [1.54, 1.807) is 7.11 Å². The Morgan fingerprint density at radius 1 is 0.955 bits per heavy atom. The maximum atomic E-state index is 6.50. The van der Waals surface area contributed by atoms with E-state index in [2.05, 4.69) is 15.9 Å². The van der Waals surface area contributed by atoms with E-state index in [9.17, 15) is 0 Å². The van der Waals surface area contributed by atoms with E-state index in [0.29, 0.717) is 14.5 Å². The van der Waals surface area contributed by atoms with E-state index in [-0.39, 0.29) is 11.8 Å². The van der Waals surface area contributed by atoms with Crippen LogP contribution in [0.25, 0.3) is 0 Å². The molecule has 1 fully saturated rings. The molecule has 6 heteroatoms. The fraction of sp³-hybridized carbons (Fsp3) is 0.250. The maximum absolute atomic E-state index is 6.50. The number of halogens is 5. The average molecular weight is 441 g/mol. The molecule has 3 rings (SSSR count). The van der Waals surface area contributed by atoms with E-state index in [0.717, 1.165) is 16.9 Å². The molecule has 1 nitrogen and oxygen atoms in total. The monoisotopic (exact) mass is 438 g/mol.